The first-order chi connectivity index (χ1) is 8.99. The molecule has 0 N–H and O–H groups in total. The zero-order chi connectivity index (χ0) is 14.0. The fraction of sp³-hybridized carbons (Fsp3) is 0.0714. The first-order valence-corrected chi connectivity index (χ1v) is 6.99. The van der Waals surface area contributed by atoms with Crippen LogP contribution in [0.25, 0.3) is 0 Å². The molecule has 1 nitrogen and oxygen atoms in total. The standard InChI is InChI=1S/C14H8Br2F2O/c15-9-3-1-8(2-4-9)7-12(19)13-11(17)6-5-10(16)14(13)18/h1-6H,7H2. The normalized spacial score (nSPS) is 10.5. The smallest absolute Gasteiger partial charge is 0.173 e. The number of ketones is 1. The van der Waals surface area contributed by atoms with Crippen molar-refractivity contribution in [3.8, 4) is 0 Å². The van der Waals surface area contributed by atoms with E-state index < -0.39 is 23.0 Å². The molecule has 0 aliphatic carbocycles. The van der Waals surface area contributed by atoms with Gasteiger partial charge in [0.1, 0.15) is 5.82 Å². The lowest BCUT2D eigenvalue weighted by Crippen LogP contribution is -2.09. The van der Waals surface area contributed by atoms with E-state index in [1.807, 2.05) is 0 Å². The van der Waals surface area contributed by atoms with Crippen LogP contribution in [-0.2, 0) is 6.42 Å². The van der Waals surface area contributed by atoms with Crippen LogP contribution in [0.1, 0.15) is 15.9 Å². The number of rotatable bonds is 3. The maximum Gasteiger partial charge on any atom is 0.173 e. The highest BCUT2D eigenvalue weighted by Gasteiger charge is 2.19. The van der Waals surface area contributed by atoms with Crippen LogP contribution >= 0.6 is 31.9 Å². The van der Waals surface area contributed by atoms with E-state index in [2.05, 4.69) is 31.9 Å². The summed E-state index contributed by atoms with van der Waals surface area (Å²) in [6, 6.07) is 9.32. The van der Waals surface area contributed by atoms with Crippen molar-refractivity contribution in [1.82, 2.24) is 0 Å². The minimum absolute atomic E-state index is 0.0441. The average molecular weight is 390 g/mol. The van der Waals surface area contributed by atoms with Crippen molar-refractivity contribution in [3.05, 3.63) is 68.1 Å². The number of hydrogen-bond acceptors (Lipinski definition) is 1. The topological polar surface area (TPSA) is 17.1 Å². The van der Waals surface area contributed by atoms with Crippen LogP contribution < -0.4 is 0 Å². The minimum Gasteiger partial charge on any atom is -0.294 e. The Balaban J connectivity index is 2.30. The second-order valence-electron chi connectivity index (χ2n) is 3.94. The lowest BCUT2D eigenvalue weighted by molar-refractivity contribution is 0.0984. The van der Waals surface area contributed by atoms with Gasteiger partial charge in [-0.25, -0.2) is 8.78 Å². The predicted molar refractivity (Wildman–Crippen MR) is 76.2 cm³/mol. The molecule has 0 aromatic heterocycles. The highest BCUT2D eigenvalue weighted by molar-refractivity contribution is 9.10. The van der Waals surface area contributed by atoms with Crippen molar-refractivity contribution in [2.24, 2.45) is 0 Å². The predicted octanol–water partition coefficient (Wildman–Crippen LogP) is 4.92. The molecule has 0 saturated heterocycles. The summed E-state index contributed by atoms with van der Waals surface area (Å²) >= 11 is 6.22. The molecule has 2 aromatic rings. The Labute approximate surface area is 125 Å². The van der Waals surface area contributed by atoms with Crippen LogP contribution in [0.2, 0.25) is 0 Å². The van der Waals surface area contributed by atoms with Crippen molar-refractivity contribution >= 4 is 37.6 Å². The van der Waals surface area contributed by atoms with Crippen molar-refractivity contribution in [1.29, 1.82) is 0 Å². The molecule has 0 radical (unpaired) electrons. The Hall–Kier alpha value is -1.07. The second kappa shape index (κ2) is 5.92. The summed E-state index contributed by atoms with van der Waals surface area (Å²) in [6.07, 6.45) is -0.0441. The van der Waals surface area contributed by atoms with Crippen LogP contribution in [-0.4, -0.2) is 5.78 Å². The molecule has 98 valence electrons. The van der Waals surface area contributed by atoms with E-state index in [0.29, 0.717) is 5.56 Å². The van der Waals surface area contributed by atoms with Crippen LogP contribution in [0.4, 0.5) is 8.78 Å². The molecule has 0 heterocycles. The summed E-state index contributed by atoms with van der Waals surface area (Å²) in [5, 5.41) is 0. The van der Waals surface area contributed by atoms with Crippen molar-refractivity contribution in [2.75, 3.05) is 0 Å². The first-order valence-electron chi connectivity index (χ1n) is 5.40. The van der Waals surface area contributed by atoms with E-state index in [1.54, 1.807) is 24.3 Å². The lowest BCUT2D eigenvalue weighted by Gasteiger charge is -2.06. The molecule has 0 fully saturated rings. The summed E-state index contributed by atoms with van der Waals surface area (Å²) in [4.78, 5) is 12.0. The molecule has 0 amide bonds. The number of carbonyl (C=O) groups is 1. The number of benzene rings is 2. The molecular weight excluding hydrogens is 382 g/mol. The minimum atomic E-state index is -0.859. The van der Waals surface area contributed by atoms with Crippen molar-refractivity contribution < 1.29 is 13.6 Å². The molecule has 19 heavy (non-hydrogen) atoms. The maximum absolute atomic E-state index is 13.8. The largest absolute Gasteiger partial charge is 0.294 e. The Morgan fingerprint density at radius 1 is 1.00 bits per heavy atom. The van der Waals surface area contributed by atoms with E-state index >= 15 is 0 Å². The van der Waals surface area contributed by atoms with Crippen LogP contribution in [0.5, 0.6) is 0 Å². The second-order valence-corrected chi connectivity index (χ2v) is 5.71. The fourth-order valence-corrected chi connectivity index (χ4v) is 2.25. The van der Waals surface area contributed by atoms with Gasteiger partial charge in [0.2, 0.25) is 0 Å². The van der Waals surface area contributed by atoms with Gasteiger partial charge >= 0.3 is 0 Å². The van der Waals surface area contributed by atoms with Gasteiger partial charge in [-0.1, -0.05) is 28.1 Å². The van der Waals surface area contributed by atoms with Crippen LogP contribution in [0.3, 0.4) is 0 Å². The highest BCUT2D eigenvalue weighted by atomic mass is 79.9. The van der Waals surface area contributed by atoms with E-state index in [0.717, 1.165) is 10.5 Å². The van der Waals surface area contributed by atoms with Gasteiger partial charge in [0.05, 0.1) is 10.0 Å². The molecule has 2 aromatic carbocycles. The summed E-state index contributed by atoms with van der Waals surface area (Å²) in [5.41, 5.74) is 0.198. The van der Waals surface area contributed by atoms with E-state index in [-0.39, 0.29) is 10.9 Å². The molecule has 0 atom stereocenters. The third-order valence-electron chi connectivity index (χ3n) is 2.60. The molecule has 0 bridgehead atoms. The molecule has 0 unspecified atom stereocenters. The molecule has 0 spiro atoms. The molecule has 0 aliphatic rings. The summed E-state index contributed by atoms with van der Waals surface area (Å²) in [5.74, 6) is -2.29. The van der Waals surface area contributed by atoms with Gasteiger partial charge in [-0.15, -0.1) is 0 Å². The van der Waals surface area contributed by atoms with Crippen molar-refractivity contribution in [3.63, 3.8) is 0 Å². The first kappa shape index (κ1) is 14.3. The maximum atomic E-state index is 13.8. The molecule has 0 saturated carbocycles. The Morgan fingerprint density at radius 3 is 2.26 bits per heavy atom. The average Bonchev–Trinajstić information content (AvgIpc) is 2.37. The lowest BCUT2D eigenvalue weighted by atomic mass is 10.0. The van der Waals surface area contributed by atoms with Gasteiger partial charge in [0, 0.05) is 10.9 Å². The molecular formula is C14H8Br2F2O. The number of halogens is 4. The zero-order valence-corrected chi connectivity index (χ0v) is 12.8. The quantitative estimate of drug-likeness (QED) is 0.538. The number of hydrogen-bond donors (Lipinski definition) is 0. The zero-order valence-electron chi connectivity index (χ0n) is 9.59. The van der Waals surface area contributed by atoms with E-state index in [9.17, 15) is 13.6 Å². The van der Waals surface area contributed by atoms with Crippen molar-refractivity contribution in [2.45, 2.75) is 6.42 Å². The summed E-state index contributed by atoms with van der Waals surface area (Å²) in [7, 11) is 0. The van der Waals surface area contributed by atoms with Gasteiger partial charge in [-0.2, -0.15) is 0 Å². The van der Waals surface area contributed by atoms with E-state index in [1.165, 1.54) is 6.07 Å². The monoisotopic (exact) mass is 388 g/mol. The molecule has 5 heteroatoms. The molecule has 2 rings (SSSR count). The number of Topliss-reactive ketones (excluding diaryl/α,β-unsaturated/α-hetero) is 1. The van der Waals surface area contributed by atoms with Gasteiger partial charge in [0.25, 0.3) is 0 Å². The highest BCUT2D eigenvalue weighted by Crippen LogP contribution is 2.23. The number of carbonyl (C=O) groups excluding carboxylic acids is 1. The van der Waals surface area contributed by atoms with Crippen LogP contribution in [0, 0.1) is 11.6 Å². The van der Waals surface area contributed by atoms with E-state index in [4.69, 9.17) is 0 Å². The summed E-state index contributed by atoms with van der Waals surface area (Å²) < 4.78 is 28.3. The third-order valence-corrected chi connectivity index (χ3v) is 3.74. The Kier molecular flexibility index (Phi) is 4.47. The van der Waals surface area contributed by atoms with Gasteiger partial charge < -0.3 is 0 Å². The molecule has 0 aliphatic heterocycles. The van der Waals surface area contributed by atoms with Gasteiger partial charge in [0.15, 0.2) is 11.6 Å². The Bertz CT molecular complexity index is 624. The van der Waals surface area contributed by atoms with Gasteiger partial charge in [-0.3, -0.25) is 4.79 Å². The van der Waals surface area contributed by atoms with Crippen LogP contribution in [0.15, 0.2) is 45.3 Å². The third kappa shape index (κ3) is 3.28. The Morgan fingerprint density at radius 2 is 1.63 bits per heavy atom. The van der Waals surface area contributed by atoms with Gasteiger partial charge in [-0.05, 0) is 45.8 Å². The summed E-state index contributed by atoms with van der Waals surface area (Å²) in [6.45, 7) is 0. The SMILES string of the molecule is O=C(Cc1ccc(Br)cc1)c1c(F)ccc(Br)c1F. The fourth-order valence-electron chi connectivity index (χ4n) is 1.66.